The molecule has 16 heavy (non-hydrogen) atoms. The van der Waals surface area contributed by atoms with E-state index in [1.54, 1.807) is 0 Å². The molecule has 1 atom stereocenters. The minimum Gasteiger partial charge on any atom is -0.396 e. The molecule has 6 nitrogen and oxygen atoms in total. The summed E-state index contributed by atoms with van der Waals surface area (Å²) in [5, 5.41) is 17.9. The molecule has 0 radical (unpaired) electrons. The van der Waals surface area contributed by atoms with E-state index >= 15 is 0 Å². The molecule has 0 saturated heterocycles. The molecular formula is C9H14O6S. The number of hydrogen-bond donors (Lipinski definition) is 4. The van der Waals surface area contributed by atoms with Crippen LogP contribution >= 0.6 is 0 Å². The van der Waals surface area contributed by atoms with Gasteiger partial charge in [-0.3, -0.25) is 9.11 Å². The molecule has 0 fully saturated rings. The van der Waals surface area contributed by atoms with Gasteiger partial charge in [-0.15, -0.1) is 0 Å². The molecule has 1 aromatic carbocycles. The quantitative estimate of drug-likeness (QED) is 0.579. The van der Waals surface area contributed by atoms with Crippen LogP contribution in [0, 0.1) is 0 Å². The van der Waals surface area contributed by atoms with Crippen LogP contribution in [0.4, 0.5) is 0 Å². The SMILES string of the molecule is O=S(=O)(O)O.OCCC(O)c1ccccc1. The van der Waals surface area contributed by atoms with Crippen LogP contribution in [0.25, 0.3) is 0 Å². The van der Waals surface area contributed by atoms with Crippen molar-refractivity contribution in [3.63, 3.8) is 0 Å². The minimum absolute atomic E-state index is 0.0239. The predicted octanol–water partition coefficient (Wildman–Crippen LogP) is 0.450. The van der Waals surface area contributed by atoms with E-state index in [1.807, 2.05) is 30.3 Å². The molecule has 4 N–H and O–H groups in total. The van der Waals surface area contributed by atoms with Gasteiger partial charge in [-0.1, -0.05) is 30.3 Å². The van der Waals surface area contributed by atoms with Gasteiger partial charge in [-0.25, -0.2) is 0 Å². The summed E-state index contributed by atoms with van der Waals surface area (Å²) in [4.78, 5) is 0. The van der Waals surface area contributed by atoms with E-state index in [0.717, 1.165) is 5.56 Å². The van der Waals surface area contributed by atoms with Crippen molar-refractivity contribution in [2.45, 2.75) is 12.5 Å². The third-order valence-corrected chi connectivity index (χ3v) is 1.59. The molecule has 0 spiro atoms. The van der Waals surface area contributed by atoms with E-state index in [9.17, 15) is 5.11 Å². The fourth-order valence-electron chi connectivity index (χ4n) is 0.964. The molecule has 0 heterocycles. The van der Waals surface area contributed by atoms with Crippen LogP contribution in [0.5, 0.6) is 0 Å². The zero-order valence-corrected chi connectivity index (χ0v) is 9.21. The van der Waals surface area contributed by atoms with Gasteiger partial charge < -0.3 is 10.2 Å². The van der Waals surface area contributed by atoms with E-state index in [4.69, 9.17) is 22.6 Å². The Kier molecular flexibility index (Phi) is 6.86. The Morgan fingerprint density at radius 3 is 1.94 bits per heavy atom. The van der Waals surface area contributed by atoms with E-state index in [2.05, 4.69) is 0 Å². The Morgan fingerprint density at radius 1 is 1.12 bits per heavy atom. The highest BCUT2D eigenvalue weighted by molar-refractivity contribution is 7.79. The molecule has 1 unspecified atom stereocenters. The lowest BCUT2D eigenvalue weighted by molar-refractivity contribution is 0.134. The topological polar surface area (TPSA) is 115 Å². The first-order valence-corrected chi connectivity index (χ1v) is 5.78. The lowest BCUT2D eigenvalue weighted by Gasteiger charge is -2.07. The van der Waals surface area contributed by atoms with Crippen LogP contribution in [0.1, 0.15) is 18.1 Å². The molecular weight excluding hydrogens is 236 g/mol. The highest BCUT2D eigenvalue weighted by Crippen LogP contribution is 2.14. The van der Waals surface area contributed by atoms with Gasteiger partial charge in [0.25, 0.3) is 0 Å². The number of benzene rings is 1. The van der Waals surface area contributed by atoms with Crippen molar-refractivity contribution in [3.8, 4) is 0 Å². The second-order valence-corrected chi connectivity index (χ2v) is 3.78. The summed E-state index contributed by atoms with van der Waals surface area (Å²) in [6.45, 7) is 0.0239. The van der Waals surface area contributed by atoms with Gasteiger partial charge in [0.15, 0.2) is 0 Å². The summed E-state index contributed by atoms with van der Waals surface area (Å²) in [6.07, 6.45) is -0.120. The van der Waals surface area contributed by atoms with Crippen LogP contribution in [-0.2, 0) is 10.4 Å². The van der Waals surface area contributed by atoms with E-state index in [-0.39, 0.29) is 6.61 Å². The molecule has 0 aliphatic rings. The fraction of sp³-hybridized carbons (Fsp3) is 0.333. The maximum atomic E-state index is 9.36. The summed E-state index contributed by atoms with van der Waals surface area (Å²) in [6, 6.07) is 9.33. The van der Waals surface area contributed by atoms with Gasteiger partial charge in [0.05, 0.1) is 6.10 Å². The first-order valence-electron chi connectivity index (χ1n) is 4.38. The highest BCUT2D eigenvalue weighted by atomic mass is 32.3. The average Bonchev–Trinajstić information content (AvgIpc) is 2.17. The molecule has 0 aliphatic carbocycles. The van der Waals surface area contributed by atoms with Crippen molar-refractivity contribution in [3.05, 3.63) is 35.9 Å². The van der Waals surface area contributed by atoms with Crippen molar-refractivity contribution in [2.75, 3.05) is 6.61 Å². The van der Waals surface area contributed by atoms with Gasteiger partial charge in [0.1, 0.15) is 0 Å². The second kappa shape index (κ2) is 7.31. The molecule has 1 rings (SSSR count). The summed E-state index contributed by atoms with van der Waals surface area (Å²) >= 11 is 0. The predicted molar refractivity (Wildman–Crippen MR) is 57.3 cm³/mol. The maximum absolute atomic E-state index is 9.36. The number of rotatable bonds is 3. The Labute approximate surface area is 93.8 Å². The second-order valence-electron chi connectivity index (χ2n) is 2.89. The average molecular weight is 250 g/mol. The van der Waals surface area contributed by atoms with Crippen LogP contribution in [0.3, 0.4) is 0 Å². The number of hydrogen-bond acceptors (Lipinski definition) is 4. The molecule has 0 aromatic heterocycles. The van der Waals surface area contributed by atoms with E-state index in [1.165, 1.54) is 0 Å². The third-order valence-electron chi connectivity index (χ3n) is 1.59. The zero-order chi connectivity index (χ0) is 12.6. The van der Waals surface area contributed by atoms with Gasteiger partial charge in [-0.05, 0) is 5.56 Å². The van der Waals surface area contributed by atoms with E-state index in [0.29, 0.717) is 6.42 Å². The molecule has 0 aliphatic heterocycles. The standard InChI is InChI=1S/C9H12O2.H2O4S/c10-7-6-9(11)8-4-2-1-3-5-8;1-5(2,3)4/h1-5,9-11H,6-7H2;(H2,1,2,3,4). The Morgan fingerprint density at radius 2 is 1.56 bits per heavy atom. The van der Waals surface area contributed by atoms with Crippen molar-refractivity contribution >= 4 is 10.4 Å². The molecule has 7 heteroatoms. The lowest BCUT2D eigenvalue weighted by Crippen LogP contribution is -1.99. The largest absolute Gasteiger partial charge is 0.396 e. The lowest BCUT2D eigenvalue weighted by atomic mass is 10.1. The molecule has 0 saturated carbocycles. The Balaban J connectivity index is 0.000000385. The summed E-state index contributed by atoms with van der Waals surface area (Å²) in [7, 11) is -4.67. The molecule has 0 amide bonds. The van der Waals surface area contributed by atoms with Crippen molar-refractivity contribution in [1.29, 1.82) is 0 Å². The maximum Gasteiger partial charge on any atom is 0.394 e. The van der Waals surface area contributed by atoms with Crippen LogP contribution in [0.2, 0.25) is 0 Å². The van der Waals surface area contributed by atoms with Crippen molar-refractivity contribution in [2.24, 2.45) is 0 Å². The summed E-state index contributed by atoms with van der Waals surface area (Å²) in [5.41, 5.74) is 0.863. The number of aliphatic hydroxyl groups excluding tert-OH is 2. The molecule has 0 bridgehead atoms. The smallest absolute Gasteiger partial charge is 0.394 e. The third kappa shape index (κ3) is 9.56. The van der Waals surface area contributed by atoms with Crippen molar-refractivity contribution in [1.82, 2.24) is 0 Å². The van der Waals surface area contributed by atoms with Gasteiger partial charge in [0.2, 0.25) is 0 Å². The summed E-state index contributed by atoms with van der Waals surface area (Å²) < 4.78 is 31.6. The first kappa shape index (κ1) is 15.0. The highest BCUT2D eigenvalue weighted by Gasteiger charge is 2.03. The number of aliphatic hydroxyl groups is 2. The summed E-state index contributed by atoms with van der Waals surface area (Å²) in [5.74, 6) is 0. The van der Waals surface area contributed by atoms with Crippen LogP contribution < -0.4 is 0 Å². The van der Waals surface area contributed by atoms with Crippen LogP contribution in [-0.4, -0.2) is 34.3 Å². The Bertz CT molecular complexity index is 366. The first-order chi connectivity index (χ1) is 7.34. The van der Waals surface area contributed by atoms with Gasteiger partial charge >= 0.3 is 10.4 Å². The molecule has 1 aromatic rings. The van der Waals surface area contributed by atoms with Gasteiger partial charge in [-0.2, -0.15) is 8.42 Å². The fourth-order valence-corrected chi connectivity index (χ4v) is 0.964. The molecule has 92 valence electrons. The minimum atomic E-state index is -4.67. The van der Waals surface area contributed by atoms with Crippen LogP contribution in [0.15, 0.2) is 30.3 Å². The van der Waals surface area contributed by atoms with Crippen molar-refractivity contribution < 1.29 is 27.7 Å². The zero-order valence-electron chi connectivity index (χ0n) is 8.39. The normalized spacial score (nSPS) is 12.5. The monoisotopic (exact) mass is 250 g/mol. The van der Waals surface area contributed by atoms with E-state index < -0.39 is 16.5 Å². The Hall–Kier alpha value is -0.990. The van der Waals surface area contributed by atoms with Gasteiger partial charge in [0, 0.05) is 13.0 Å².